The van der Waals surface area contributed by atoms with E-state index in [1.807, 2.05) is 34.1 Å². The van der Waals surface area contributed by atoms with Crippen molar-refractivity contribution in [3.8, 4) is 0 Å². The SMILES string of the molecule is CNCc1cccc(S(=O)(=O)N(C)CCCN(C)C)c1C. The second-order valence-electron chi connectivity index (χ2n) is 5.55. The van der Waals surface area contributed by atoms with Crippen LogP contribution in [-0.4, -0.2) is 58.9 Å². The Morgan fingerprint density at radius 3 is 2.38 bits per heavy atom. The lowest BCUT2D eigenvalue weighted by Gasteiger charge is -2.20. The van der Waals surface area contributed by atoms with Gasteiger partial charge in [0.15, 0.2) is 0 Å². The second-order valence-corrected chi connectivity index (χ2v) is 7.57. The maximum atomic E-state index is 12.7. The minimum absolute atomic E-state index is 0.405. The monoisotopic (exact) mass is 313 g/mol. The van der Waals surface area contributed by atoms with Gasteiger partial charge in [-0.15, -0.1) is 0 Å². The van der Waals surface area contributed by atoms with E-state index in [0.29, 0.717) is 18.0 Å². The number of nitrogens with one attached hydrogen (secondary N) is 1. The fraction of sp³-hybridized carbons (Fsp3) is 0.600. The van der Waals surface area contributed by atoms with E-state index in [2.05, 4.69) is 10.2 Å². The van der Waals surface area contributed by atoms with Gasteiger partial charge in [-0.2, -0.15) is 0 Å². The van der Waals surface area contributed by atoms with E-state index in [1.54, 1.807) is 19.2 Å². The van der Waals surface area contributed by atoms with Gasteiger partial charge in [-0.05, 0) is 58.2 Å². The van der Waals surface area contributed by atoms with Gasteiger partial charge in [0.2, 0.25) is 10.0 Å². The molecule has 1 aromatic rings. The highest BCUT2D eigenvalue weighted by atomic mass is 32.2. The quantitative estimate of drug-likeness (QED) is 0.786. The molecule has 0 unspecified atom stereocenters. The fourth-order valence-corrected chi connectivity index (χ4v) is 3.69. The third-order valence-corrected chi connectivity index (χ3v) is 5.53. The van der Waals surface area contributed by atoms with Crippen molar-refractivity contribution in [3.05, 3.63) is 29.3 Å². The van der Waals surface area contributed by atoms with E-state index >= 15 is 0 Å². The summed E-state index contributed by atoms with van der Waals surface area (Å²) in [6.07, 6.45) is 0.817. The van der Waals surface area contributed by atoms with Gasteiger partial charge >= 0.3 is 0 Å². The van der Waals surface area contributed by atoms with Crippen LogP contribution in [0.3, 0.4) is 0 Å². The van der Waals surface area contributed by atoms with Gasteiger partial charge in [-0.1, -0.05) is 12.1 Å². The summed E-state index contributed by atoms with van der Waals surface area (Å²) in [4.78, 5) is 2.46. The zero-order chi connectivity index (χ0) is 16.0. The molecule has 0 saturated heterocycles. The molecule has 0 aliphatic heterocycles. The van der Waals surface area contributed by atoms with Gasteiger partial charge in [-0.3, -0.25) is 0 Å². The van der Waals surface area contributed by atoms with Gasteiger partial charge in [-0.25, -0.2) is 12.7 Å². The van der Waals surface area contributed by atoms with Crippen molar-refractivity contribution in [3.63, 3.8) is 0 Å². The number of benzene rings is 1. The Labute approximate surface area is 129 Å². The molecular formula is C15H27N3O2S. The molecule has 6 heteroatoms. The van der Waals surface area contributed by atoms with Crippen molar-refractivity contribution in [1.29, 1.82) is 0 Å². The molecule has 21 heavy (non-hydrogen) atoms. The van der Waals surface area contributed by atoms with Crippen molar-refractivity contribution < 1.29 is 8.42 Å². The first-order valence-corrected chi connectivity index (χ1v) is 8.59. The molecule has 0 bridgehead atoms. The summed E-state index contributed by atoms with van der Waals surface area (Å²) in [5.74, 6) is 0. The lowest BCUT2D eigenvalue weighted by atomic mass is 10.1. The first kappa shape index (κ1) is 18.1. The maximum absolute atomic E-state index is 12.7. The standard InChI is InChI=1S/C15H27N3O2S/c1-13-14(12-16-2)8-6-9-15(13)21(19,20)18(5)11-7-10-17(3)4/h6,8-9,16H,7,10-12H2,1-5H3. The Morgan fingerprint density at radius 1 is 1.14 bits per heavy atom. The van der Waals surface area contributed by atoms with Gasteiger partial charge in [0, 0.05) is 20.1 Å². The predicted octanol–water partition coefficient (Wildman–Crippen LogP) is 1.29. The van der Waals surface area contributed by atoms with E-state index in [4.69, 9.17) is 0 Å². The summed E-state index contributed by atoms with van der Waals surface area (Å²) in [5, 5.41) is 3.07. The highest BCUT2D eigenvalue weighted by Gasteiger charge is 2.23. The van der Waals surface area contributed by atoms with Crippen molar-refractivity contribution in [2.24, 2.45) is 0 Å². The molecule has 120 valence electrons. The van der Waals surface area contributed by atoms with Gasteiger partial charge in [0.25, 0.3) is 0 Å². The van der Waals surface area contributed by atoms with Crippen LogP contribution in [0.4, 0.5) is 0 Å². The maximum Gasteiger partial charge on any atom is 0.243 e. The minimum Gasteiger partial charge on any atom is -0.316 e. The predicted molar refractivity (Wildman–Crippen MR) is 86.9 cm³/mol. The molecule has 0 fully saturated rings. The zero-order valence-electron chi connectivity index (χ0n) is 13.7. The highest BCUT2D eigenvalue weighted by molar-refractivity contribution is 7.89. The molecule has 1 rings (SSSR count). The highest BCUT2D eigenvalue weighted by Crippen LogP contribution is 2.22. The van der Waals surface area contributed by atoms with Crippen molar-refractivity contribution >= 4 is 10.0 Å². The fourth-order valence-electron chi connectivity index (χ4n) is 2.22. The summed E-state index contributed by atoms with van der Waals surface area (Å²) < 4.78 is 26.8. The molecule has 0 amide bonds. The van der Waals surface area contributed by atoms with Gasteiger partial charge in [0.1, 0.15) is 0 Å². The molecule has 0 heterocycles. The first-order chi connectivity index (χ1) is 9.80. The Hall–Kier alpha value is -0.950. The first-order valence-electron chi connectivity index (χ1n) is 7.15. The third kappa shape index (κ3) is 4.78. The van der Waals surface area contributed by atoms with E-state index < -0.39 is 10.0 Å². The Bertz CT molecular complexity index is 556. The number of hydrogen-bond donors (Lipinski definition) is 1. The molecule has 0 saturated carbocycles. The molecule has 0 spiro atoms. The van der Waals surface area contributed by atoms with Crippen molar-refractivity contribution in [1.82, 2.24) is 14.5 Å². The Morgan fingerprint density at radius 2 is 1.81 bits per heavy atom. The average molecular weight is 313 g/mol. The summed E-state index contributed by atoms with van der Waals surface area (Å²) in [6, 6.07) is 5.45. The normalized spacial score (nSPS) is 12.3. The van der Waals surface area contributed by atoms with Crippen LogP contribution < -0.4 is 5.32 Å². The molecular weight excluding hydrogens is 286 g/mol. The molecule has 0 radical (unpaired) electrons. The topological polar surface area (TPSA) is 52.7 Å². The van der Waals surface area contributed by atoms with Gasteiger partial charge < -0.3 is 10.2 Å². The summed E-state index contributed by atoms with van der Waals surface area (Å²) in [6.45, 7) is 3.93. The molecule has 0 aliphatic rings. The largest absolute Gasteiger partial charge is 0.316 e. The zero-order valence-corrected chi connectivity index (χ0v) is 14.5. The van der Waals surface area contributed by atoms with Crippen molar-refractivity contribution in [2.75, 3.05) is 41.3 Å². The van der Waals surface area contributed by atoms with Crippen molar-refractivity contribution in [2.45, 2.75) is 24.8 Å². The van der Waals surface area contributed by atoms with Crippen LogP contribution in [0.1, 0.15) is 17.5 Å². The van der Waals surface area contributed by atoms with Crippen LogP contribution in [-0.2, 0) is 16.6 Å². The second kappa shape index (κ2) is 7.89. The number of sulfonamides is 1. The lowest BCUT2D eigenvalue weighted by Crippen LogP contribution is -2.30. The Balaban J connectivity index is 2.94. The van der Waals surface area contributed by atoms with Crippen LogP contribution in [0.15, 0.2) is 23.1 Å². The molecule has 5 nitrogen and oxygen atoms in total. The molecule has 1 aromatic carbocycles. The molecule has 1 N–H and O–H groups in total. The lowest BCUT2D eigenvalue weighted by molar-refractivity contribution is 0.370. The molecule has 0 aromatic heterocycles. The van der Waals surface area contributed by atoms with E-state index in [0.717, 1.165) is 24.1 Å². The average Bonchev–Trinajstić information content (AvgIpc) is 2.40. The number of rotatable bonds is 8. The van der Waals surface area contributed by atoms with Crippen LogP contribution in [0.25, 0.3) is 0 Å². The summed E-state index contributed by atoms with van der Waals surface area (Å²) in [7, 11) is 4.05. The van der Waals surface area contributed by atoms with Crippen LogP contribution >= 0.6 is 0 Å². The van der Waals surface area contributed by atoms with Gasteiger partial charge in [0.05, 0.1) is 4.90 Å². The van der Waals surface area contributed by atoms with Crippen LogP contribution in [0, 0.1) is 6.92 Å². The minimum atomic E-state index is -3.42. The summed E-state index contributed by atoms with van der Waals surface area (Å²) in [5.41, 5.74) is 1.84. The third-order valence-electron chi connectivity index (χ3n) is 3.53. The smallest absolute Gasteiger partial charge is 0.243 e. The number of nitrogens with zero attached hydrogens (tertiary/aromatic N) is 2. The van der Waals surface area contributed by atoms with Crippen LogP contribution in [0.2, 0.25) is 0 Å². The van der Waals surface area contributed by atoms with Crippen LogP contribution in [0.5, 0.6) is 0 Å². The molecule has 0 atom stereocenters. The number of hydrogen-bond acceptors (Lipinski definition) is 4. The Kier molecular flexibility index (Phi) is 6.80. The summed E-state index contributed by atoms with van der Waals surface area (Å²) >= 11 is 0. The van der Waals surface area contributed by atoms with E-state index in [1.165, 1.54) is 4.31 Å². The van der Waals surface area contributed by atoms with E-state index in [9.17, 15) is 8.42 Å². The van der Waals surface area contributed by atoms with E-state index in [-0.39, 0.29) is 0 Å². The molecule has 0 aliphatic carbocycles.